The lowest BCUT2D eigenvalue weighted by Crippen LogP contribution is -2.15. The SMILES string of the molecule is O=[S@](CCO)CCOCC[S@@](=O)CCO. The molecule has 0 rings (SSSR count). The number of rotatable bonds is 10. The topological polar surface area (TPSA) is 83.8 Å². The molecule has 0 aliphatic carbocycles. The molecule has 92 valence electrons. The smallest absolute Gasteiger partial charge is 0.0582 e. The second-order valence-electron chi connectivity index (χ2n) is 2.76. The minimum atomic E-state index is -1.03. The Hall–Kier alpha value is 0.180. The first-order chi connectivity index (χ1) is 7.20. The van der Waals surface area contributed by atoms with Crippen LogP contribution in [0, 0.1) is 0 Å². The predicted octanol–water partition coefficient (Wildman–Crippen LogP) is -1.51. The molecule has 0 bridgehead atoms. The molecule has 0 aromatic carbocycles. The molecular formula is C8H18O5S2. The van der Waals surface area contributed by atoms with Gasteiger partial charge in [-0.1, -0.05) is 0 Å². The third-order valence-corrected chi connectivity index (χ3v) is 4.07. The summed E-state index contributed by atoms with van der Waals surface area (Å²) in [6.45, 7) is 0.548. The van der Waals surface area contributed by atoms with Crippen molar-refractivity contribution in [3.63, 3.8) is 0 Å². The molecule has 0 amide bonds. The lowest BCUT2D eigenvalue weighted by molar-refractivity contribution is 0.166. The highest BCUT2D eigenvalue weighted by Crippen LogP contribution is 1.86. The summed E-state index contributed by atoms with van der Waals surface area (Å²) in [4.78, 5) is 0. The van der Waals surface area contributed by atoms with Crippen LogP contribution < -0.4 is 0 Å². The summed E-state index contributed by atoms with van der Waals surface area (Å²) in [5.41, 5.74) is 0. The largest absolute Gasteiger partial charge is 0.395 e. The van der Waals surface area contributed by atoms with E-state index >= 15 is 0 Å². The average molecular weight is 258 g/mol. The van der Waals surface area contributed by atoms with Gasteiger partial charge in [-0.05, 0) is 0 Å². The van der Waals surface area contributed by atoms with Gasteiger partial charge in [0.25, 0.3) is 0 Å². The van der Waals surface area contributed by atoms with Crippen molar-refractivity contribution in [2.45, 2.75) is 0 Å². The molecule has 0 spiro atoms. The molecule has 2 atom stereocenters. The fourth-order valence-corrected chi connectivity index (χ4v) is 2.24. The summed E-state index contributed by atoms with van der Waals surface area (Å²) < 4.78 is 27.2. The Kier molecular flexibility index (Phi) is 10.8. The maximum atomic E-state index is 11.0. The van der Waals surface area contributed by atoms with Gasteiger partial charge in [0, 0.05) is 44.6 Å². The van der Waals surface area contributed by atoms with Crippen LogP contribution in [0.5, 0.6) is 0 Å². The zero-order chi connectivity index (χ0) is 11.5. The fourth-order valence-electron chi connectivity index (χ4n) is 0.814. The summed E-state index contributed by atoms with van der Waals surface area (Å²) in [6, 6.07) is 0. The zero-order valence-corrected chi connectivity index (χ0v) is 10.2. The van der Waals surface area contributed by atoms with Crippen LogP contribution in [0.1, 0.15) is 0 Å². The van der Waals surface area contributed by atoms with Crippen LogP contribution in [0.15, 0.2) is 0 Å². The predicted molar refractivity (Wildman–Crippen MR) is 60.7 cm³/mol. The minimum absolute atomic E-state index is 0.0763. The molecule has 7 heteroatoms. The van der Waals surface area contributed by atoms with Crippen molar-refractivity contribution in [3.8, 4) is 0 Å². The molecule has 0 aliphatic rings. The van der Waals surface area contributed by atoms with Crippen LogP contribution in [0.4, 0.5) is 0 Å². The molecule has 0 aromatic heterocycles. The van der Waals surface area contributed by atoms with Crippen LogP contribution in [-0.2, 0) is 26.3 Å². The van der Waals surface area contributed by atoms with E-state index in [4.69, 9.17) is 14.9 Å². The van der Waals surface area contributed by atoms with Gasteiger partial charge in [0.2, 0.25) is 0 Å². The van der Waals surface area contributed by atoms with Gasteiger partial charge in [-0.2, -0.15) is 0 Å². The maximum absolute atomic E-state index is 11.0. The Balaban J connectivity index is 3.24. The van der Waals surface area contributed by atoms with E-state index in [2.05, 4.69) is 0 Å². The van der Waals surface area contributed by atoms with E-state index in [1.54, 1.807) is 0 Å². The first kappa shape index (κ1) is 15.2. The summed E-state index contributed by atoms with van der Waals surface area (Å²) in [6.07, 6.45) is 0. The molecule has 0 saturated heterocycles. The molecular weight excluding hydrogens is 240 g/mol. The van der Waals surface area contributed by atoms with Crippen molar-refractivity contribution in [3.05, 3.63) is 0 Å². The van der Waals surface area contributed by atoms with Crippen LogP contribution in [0.3, 0.4) is 0 Å². The number of aliphatic hydroxyl groups excluding tert-OH is 2. The first-order valence-electron chi connectivity index (χ1n) is 4.70. The van der Waals surface area contributed by atoms with Gasteiger partial charge in [0.05, 0.1) is 26.4 Å². The normalized spacial score (nSPS) is 15.1. The molecule has 0 fully saturated rings. The molecule has 2 N–H and O–H groups in total. The first-order valence-corrected chi connectivity index (χ1v) is 7.67. The van der Waals surface area contributed by atoms with Gasteiger partial charge in [-0.3, -0.25) is 8.42 Å². The standard InChI is InChI=1S/C8H18O5S2/c9-1-5-14(11)7-3-13-4-8-15(12)6-2-10/h9-10H,1-8H2/t14-,15+. The van der Waals surface area contributed by atoms with Gasteiger partial charge < -0.3 is 14.9 Å². The van der Waals surface area contributed by atoms with Gasteiger partial charge in [0.1, 0.15) is 0 Å². The van der Waals surface area contributed by atoms with Crippen molar-refractivity contribution in [2.24, 2.45) is 0 Å². The second-order valence-corrected chi connectivity index (χ2v) is 6.15. The highest BCUT2D eigenvalue weighted by atomic mass is 32.2. The Bertz CT molecular complexity index is 177. The average Bonchev–Trinajstić information content (AvgIpc) is 2.18. The number of hydrogen-bond acceptors (Lipinski definition) is 5. The fraction of sp³-hybridized carbons (Fsp3) is 1.00. The molecule has 0 heterocycles. The van der Waals surface area contributed by atoms with E-state index in [0.717, 1.165) is 0 Å². The van der Waals surface area contributed by atoms with Crippen molar-refractivity contribution in [1.82, 2.24) is 0 Å². The highest BCUT2D eigenvalue weighted by molar-refractivity contribution is 7.85. The minimum Gasteiger partial charge on any atom is -0.395 e. The molecule has 15 heavy (non-hydrogen) atoms. The summed E-state index contributed by atoms with van der Waals surface area (Å²) in [5, 5.41) is 16.9. The van der Waals surface area contributed by atoms with Crippen LogP contribution in [0.25, 0.3) is 0 Å². The van der Waals surface area contributed by atoms with Crippen molar-refractivity contribution >= 4 is 21.6 Å². The molecule has 0 aliphatic heterocycles. The Morgan fingerprint density at radius 3 is 1.53 bits per heavy atom. The monoisotopic (exact) mass is 258 g/mol. The number of hydrogen-bond donors (Lipinski definition) is 2. The van der Waals surface area contributed by atoms with E-state index in [1.165, 1.54) is 0 Å². The molecule has 5 nitrogen and oxygen atoms in total. The third kappa shape index (κ3) is 10.5. The quantitative estimate of drug-likeness (QED) is 0.465. The number of ether oxygens (including phenoxy) is 1. The molecule has 0 radical (unpaired) electrons. The number of aliphatic hydroxyl groups is 2. The second kappa shape index (κ2) is 10.7. The summed E-state index contributed by atoms with van der Waals surface area (Å²) in [7, 11) is -2.06. The summed E-state index contributed by atoms with van der Waals surface area (Å²) >= 11 is 0. The van der Waals surface area contributed by atoms with Gasteiger partial charge in [-0.25, -0.2) is 0 Å². The van der Waals surface area contributed by atoms with Crippen molar-refractivity contribution in [2.75, 3.05) is 49.4 Å². The third-order valence-electron chi connectivity index (χ3n) is 1.55. The van der Waals surface area contributed by atoms with Gasteiger partial charge in [-0.15, -0.1) is 0 Å². The van der Waals surface area contributed by atoms with E-state index < -0.39 is 21.6 Å². The summed E-state index contributed by atoms with van der Waals surface area (Å²) in [5.74, 6) is 1.35. The molecule has 0 saturated carbocycles. The van der Waals surface area contributed by atoms with Gasteiger partial charge >= 0.3 is 0 Å². The Morgan fingerprint density at radius 1 is 0.800 bits per heavy atom. The Morgan fingerprint density at radius 2 is 1.20 bits per heavy atom. The molecule has 0 unspecified atom stereocenters. The highest BCUT2D eigenvalue weighted by Gasteiger charge is 2.00. The Labute approximate surface area is 94.7 Å². The van der Waals surface area contributed by atoms with Crippen molar-refractivity contribution in [1.29, 1.82) is 0 Å². The zero-order valence-electron chi connectivity index (χ0n) is 8.59. The van der Waals surface area contributed by atoms with E-state index in [-0.39, 0.29) is 24.7 Å². The van der Waals surface area contributed by atoms with Crippen LogP contribution >= 0.6 is 0 Å². The van der Waals surface area contributed by atoms with Crippen LogP contribution in [-0.4, -0.2) is 68.1 Å². The molecule has 0 aromatic rings. The van der Waals surface area contributed by atoms with Crippen molar-refractivity contribution < 1.29 is 23.4 Å². The van der Waals surface area contributed by atoms with E-state index in [9.17, 15) is 8.42 Å². The maximum Gasteiger partial charge on any atom is 0.0582 e. The van der Waals surface area contributed by atoms with Crippen LogP contribution in [0.2, 0.25) is 0 Å². The van der Waals surface area contributed by atoms with Gasteiger partial charge in [0.15, 0.2) is 0 Å². The van der Waals surface area contributed by atoms with E-state index in [0.29, 0.717) is 24.7 Å². The lowest BCUT2D eigenvalue weighted by Gasteiger charge is -2.03. The lowest BCUT2D eigenvalue weighted by atomic mass is 10.8. The van der Waals surface area contributed by atoms with E-state index in [1.807, 2.05) is 0 Å².